The summed E-state index contributed by atoms with van der Waals surface area (Å²) >= 11 is 0. The summed E-state index contributed by atoms with van der Waals surface area (Å²) in [6.07, 6.45) is 6.93. The quantitative estimate of drug-likeness (QED) is 0.681. The summed E-state index contributed by atoms with van der Waals surface area (Å²) in [6.45, 7) is 0. The lowest BCUT2D eigenvalue weighted by atomic mass is 10.0. The molecule has 2 heterocycles. The van der Waals surface area contributed by atoms with Gasteiger partial charge in [-0.25, -0.2) is 4.99 Å². The maximum absolute atomic E-state index is 12.0. The first-order valence-corrected chi connectivity index (χ1v) is 5.74. The van der Waals surface area contributed by atoms with E-state index in [1.54, 1.807) is 18.3 Å². The van der Waals surface area contributed by atoms with Crippen LogP contribution in [0, 0.1) is 0 Å². The van der Waals surface area contributed by atoms with Crippen molar-refractivity contribution in [3.05, 3.63) is 65.0 Å². The highest BCUT2D eigenvalue weighted by molar-refractivity contribution is 6.27. The van der Waals surface area contributed by atoms with E-state index in [1.807, 2.05) is 30.3 Å². The van der Waals surface area contributed by atoms with Gasteiger partial charge in [0.25, 0.3) is 0 Å². The second kappa shape index (κ2) is 3.23. The van der Waals surface area contributed by atoms with Gasteiger partial charge >= 0.3 is 0 Å². The number of ketones is 1. The maximum atomic E-state index is 12.0. The van der Waals surface area contributed by atoms with Gasteiger partial charge < -0.3 is 0 Å². The van der Waals surface area contributed by atoms with Crippen LogP contribution in [0.1, 0.15) is 0 Å². The summed E-state index contributed by atoms with van der Waals surface area (Å²) in [6, 6.07) is 7.82. The van der Waals surface area contributed by atoms with E-state index in [0.29, 0.717) is 5.57 Å². The predicted octanol–water partition coefficient (Wildman–Crippen LogP) is 1.04. The molecule has 1 aliphatic carbocycles. The summed E-state index contributed by atoms with van der Waals surface area (Å²) in [5.74, 6) is 0.00755. The lowest BCUT2D eigenvalue weighted by Gasteiger charge is -2.03. The highest BCUT2D eigenvalue weighted by atomic mass is 16.1. The molecule has 0 fully saturated rings. The minimum absolute atomic E-state index is 0.00755. The summed E-state index contributed by atoms with van der Waals surface area (Å²) in [4.78, 5) is 20.9. The van der Waals surface area contributed by atoms with Crippen LogP contribution < -0.4 is 10.6 Å². The summed E-state index contributed by atoms with van der Waals surface area (Å²) < 4.78 is 0. The molecule has 0 spiro atoms. The Morgan fingerprint density at radius 2 is 2.06 bits per heavy atom. The zero-order valence-corrected chi connectivity index (χ0v) is 9.42. The Morgan fingerprint density at radius 1 is 1.11 bits per heavy atom. The van der Waals surface area contributed by atoms with Crippen LogP contribution in [-0.4, -0.2) is 10.8 Å². The molecular formula is C15H8N2O. The largest absolute Gasteiger partial charge is 0.289 e. The minimum Gasteiger partial charge on any atom is -0.289 e. The third-order valence-corrected chi connectivity index (χ3v) is 3.25. The maximum Gasteiger partial charge on any atom is 0.188 e. The van der Waals surface area contributed by atoms with Gasteiger partial charge in [0.15, 0.2) is 5.78 Å². The average molecular weight is 232 g/mol. The van der Waals surface area contributed by atoms with Crippen molar-refractivity contribution in [2.45, 2.75) is 0 Å². The molecule has 1 aromatic heterocycles. The van der Waals surface area contributed by atoms with E-state index in [2.05, 4.69) is 9.98 Å². The second-order valence-corrected chi connectivity index (χ2v) is 4.30. The van der Waals surface area contributed by atoms with E-state index in [-0.39, 0.29) is 5.78 Å². The van der Waals surface area contributed by atoms with Gasteiger partial charge in [-0.05, 0) is 24.3 Å². The number of aromatic nitrogens is 1. The number of allylic oxidation sites excluding steroid dienone is 4. The Morgan fingerprint density at radius 3 is 3.00 bits per heavy atom. The van der Waals surface area contributed by atoms with Gasteiger partial charge in [-0.1, -0.05) is 18.2 Å². The van der Waals surface area contributed by atoms with Crippen molar-refractivity contribution < 1.29 is 4.79 Å². The van der Waals surface area contributed by atoms with E-state index >= 15 is 0 Å². The number of rotatable bonds is 0. The standard InChI is InChI=1S/C15H8N2O/c18-12-5-1-4-10-13(12)14-11(17-10)7-6-9-3-2-8-16-15(9)14/h1-8H. The number of carbonyl (C=O) groups excluding carboxylic acids is 1. The fourth-order valence-corrected chi connectivity index (χ4v) is 2.47. The Kier molecular flexibility index (Phi) is 1.70. The Balaban J connectivity index is 2.32. The first-order chi connectivity index (χ1) is 8.84. The van der Waals surface area contributed by atoms with Crippen LogP contribution >= 0.6 is 0 Å². The molecule has 4 rings (SSSR count). The van der Waals surface area contributed by atoms with Gasteiger partial charge in [0, 0.05) is 16.8 Å². The average Bonchev–Trinajstić information content (AvgIpc) is 2.79. The van der Waals surface area contributed by atoms with Crippen LogP contribution in [0.5, 0.6) is 0 Å². The van der Waals surface area contributed by atoms with Crippen molar-refractivity contribution in [1.82, 2.24) is 4.98 Å². The fourth-order valence-electron chi connectivity index (χ4n) is 2.47. The molecule has 1 aliphatic heterocycles. The molecule has 3 nitrogen and oxygen atoms in total. The first kappa shape index (κ1) is 9.48. The smallest absolute Gasteiger partial charge is 0.188 e. The summed E-state index contributed by atoms with van der Waals surface area (Å²) in [7, 11) is 0. The van der Waals surface area contributed by atoms with Gasteiger partial charge in [-0.2, -0.15) is 0 Å². The van der Waals surface area contributed by atoms with Crippen LogP contribution in [0.2, 0.25) is 0 Å². The van der Waals surface area contributed by atoms with Gasteiger partial charge in [0.05, 0.1) is 22.1 Å². The molecule has 2 aromatic rings. The molecule has 84 valence electrons. The van der Waals surface area contributed by atoms with Crippen molar-refractivity contribution in [3.8, 4) is 0 Å². The van der Waals surface area contributed by atoms with Crippen molar-refractivity contribution >= 4 is 22.3 Å². The SMILES string of the molecule is O=C1C=CC=C2N=c3ccc4cccnc4c3=C12. The van der Waals surface area contributed by atoms with E-state index in [4.69, 9.17) is 0 Å². The first-order valence-electron chi connectivity index (χ1n) is 5.74. The lowest BCUT2D eigenvalue weighted by Crippen LogP contribution is -2.26. The van der Waals surface area contributed by atoms with Gasteiger partial charge in [0.2, 0.25) is 0 Å². The number of hydrogen-bond donors (Lipinski definition) is 0. The molecule has 0 saturated heterocycles. The molecular weight excluding hydrogens is 224 g/mol. The molecule has 0 saturated carbocycles. The normalized spacial score (nSPS) is 16.3. The van der Waals surface area contributed by atoms with Crippen LogP contribution in [0.4, 0.5) is 0 Å². The third kappa shape index (κ3) is 1.10. The molecule has 0 radical (unpaired) electrons. The molecule has 0 N–H and O–H groups in total. The topological polar surface area (TPSA) is 42.3 Å². The van der Waals surface area contributed by atoms with E-state index in [9.17, 15) is 4.79 Å². The fraction of sp³-hybridized carbons (Fsp3) is 0. The highest BCUT2D eigenvalue weighted by Gasteiger charge is 2.21. The van der Waals surface area contributed by atoms with Crippen LogP contribution in [0.15, 0.2) is 59.4 Å². The number of nitrogens with zero attached hydrogens (tertiary/aromatic N) is 2. The lowest BCUT2D eigenvalue weighted by molar-refractivity contribution is -0.109. The summed E-state index contributed by atoms with van der Waals surface area (Å²) in [5, 5.41) is 2.73. The molecule has 3 heteroatoms. The number of pyridine rings is 1. The Labute approximate surface area is 102 Å². The van der Waals surface area contributed by atoms with Crippen molar-refractivity contribution in [2.75, 3.05) is 0 Å². The summed E-state index contributed by atoms with van der Waals surface area (Å²) in [5.41, 5.74) is 2.27. The third-order valence-electron chi connectivity index (χ3n) is 3.25. The van der Waals surface area contributed by atoms with Crippen molar-refractivity contribution in [1.29, 1.82) is 0 Å². The van der Waals surface area contributed by atoms with Crippen molar-refractivity contribution in [3.63, 3.8) is 0 Å². The van der Waals surface area contributed by atoms with Crippen LogP contribution in [0.25, 0.3) is 16.5 Å². The molecule has 0 unspecified atom stereocenters. The van der Waals surface area contributed by atoms with Crippen LogP contribution in [-0.2, 0) is 4.79 Å². The highest BCUT2D eigenvalue weighted by Crippen LogP contribution is 2.20. The zero-order chi connectivity index (χ0) is 12.1. The Hall–Kier alpha value is -2.55. The van der Waals surface area contributed by atoms with Gasteiger partial charge in [0.1, 0.15) is 0 Å². The molecule has 2 aliphatic rings. The zero-order valence-electron chi connectivity index (χ0n) is 9.42. The number of benzene rings is 1. The van der Waals surface area contributed by atoms with Crippen molar-refractivity contribution in [2.24, 2.45) is 4.99 Å². The number of fused-ring (bicyclic) bond motifs is 4. The van der Waals surface area contributed by atoms with Gasteiger partial charge in [-0.15, -0.1) is 0 Å². The minimum atomic E-state index is 0.00755. The van der Waals surface area contributed by atoms with Gasteiger partial charge in [-0.3, -0.25) is 9.78 Å². The molecule has 0 bridgehead atoms. The molecule has 1 aromatic carbocycles. The molecule has 0 amide bonds. The molecule has 18 heavy (non-hydrogen) atoms. The number of carbonyl (C=O) groups is 1. The Bertz CT molecular complexity index is 888. The molecule has 0 atom stereocenters. The van der Waals surface area contributed by atoms with Crippen LogP contribution in [0.3, 0.4) is 0 Å². The van der Waals surface area contributed by atoms with E-state index < -0.39 is 0 Å². The number of hydrogen-bond acceptors (Lipinski definition) is 3. The second-order valence-electron chi connectivity index (χ2n) is 4.30. The van der Waals surface area contributed by atoms with E-state index in [0.717, 1.165) is 27.2 Å². The predicted molar refractivity (Wildman–Crippen MR) is 68.2 cm³/mol. The van der Waals surface area contributed by atoms with E-state index in [1.165, 1.54) is 0 Å². The monoisotopic (exact) mass is 232 g/mol.